The SMILES string of the molecule is CC.Cc1ccc(COc2scc(-c3ccc4c(c3)OCCO4)c2C#N)cc1. The predicted octanol–water partition coefficient (Wildman–Crippen LogP) is 5.97. The molecule has 0 aliphatic carbocycles. The van der Waals surface area contributed by atoms with Crippen molar-refractivity contribution < 1.29 is 14.2 Å². The molecule has 3 aromatic rings. The van der Waals surface area contributed by atoms with Gasteiger partial charge < -0.3 is 14.2 Å². The standard InChI is InChI=1S/C21H17NO3S.C2H6/c1-14-2-4-15(5-3-14)12-25-21-17(11-22)18(13-26-21)16-6-7-19-20(10-16)24-9-8-23-19;1-2/h2-7,10,13H,8-9,12H2,1H3;1-2H3. The zero-order valence-electron chi connectivity index (χ0n) is 16.3. The van der Waals surface area contributed by atoms with Crippen LogP contribution < -0.4 is 14.2 Å². The minimum absolute atomic E-state index is 0.441. The molecule has 0 N–H and O–H groups in total. The van der Waals surface area contributed by atoms with Gasteiger partial charge in [0.2, 0.25) is 0 Å². The highest BCUT2D eigenvalue weighted by Crippen LogP contribution is 2.40. The van der Waals surface area contributed by atoms with Crippen molar-refractivity contribution in [1.29, 1.82) is 5.26 Å². The van der Waals surface area contributed by atoms with E-state index in [1.165, 1.54) is 16.9 Å². The summed E-state index contributed by atoms with van der Waals surface area (Å²) in [5.41, 5.74) is 4.62. The molecule has 2 aromatic carbocycles. The zero-order valence-corrected chi connectivity index (χ0v) is 17.1. The van der Waals surface area contributed by atoms with E-state index >= 15 is 0 Å². The first kappa shape index (κ1) is 19.8. The Hall–Kier alpha value is -2.97. The fraction of sp³-hybridized carbons (Fsp3) is 0.261. The average molecular weight is 394 g/mol. The molecule has 0 radical (unpaired) electrons. The second kappa shape index (κ2) is 9.29. The minimum atomic E-state index is 0.441. The van der Waals surface area contributed by atoms with Gasteiger partial charge in [-0.1, -0.05) is 49.7 Å². The van der Waals surface area contributed by atoms with Crippen molar-refractivity contribution in [1.82, 2.24) is 0 Å². The Morgan fingerprint density at radius 1 is 1.04 bits per heavy atom. The first-order valence-electron chi connectivity index (χ1n) is 9.34. The van der Waals surface area contributed by atoms with Crippen LogP contribution in [0, 0.1) is 18.3 Å². The molecule has 4 nitrogen and oxygen atoms in total. The van der Waals surface area contributed by atoms with Gasteiger partial charge in [0.05, 0.1) is 0 Å². The van der Waals surface area contributed by atoms with Gasteiger partial charge in [0.1, 0.15) is 31.5 Å². The Kier molecular flexibility index (Phi) is 6.57. The summed E-state index contributed by atoms with van der Waals surface area (Å²) >= 11 is 1.44. The molecule has 144 valence electrons. The van der Waals surface area contributed by atoms with Crippen LogP contribution in [0.25, 0.3) is 11.1 Å². The van der Waals surface area contributed by atoms with Gasteiger partial charge in [0, 0.05) is 10.9 Å². The third-order valence-corrected chi connectivity index (χ3v) is 5.10. The van der Waals surface area contributed by atoms with E-state index in [1.54, 1.807) is 0 Å². The molecule has 0 saturated heterocycles. The molecule has 0 spiro atoms. The molecule has 0 fully saturated rings. The molecule has 5 heteroatoms. The molecular weight excluding hydrogens is 370 g/mol. The highest BCUT2D eigenvalue weighted by molar-refractivity contribution is 7.12. The number of thiophene rings is 1. The maximum atomic E-state index is 9.64. The van der Waals surface area contributed by atoms with E-state index in [-0.39, 0.29) is 0 Å². The number of nitrogens with zero attached hydrogens (tertiary/aromatic N) is 1. The smallest absolute Gasteiger partial charge is 0.192 e. The molecule has 0 atom stereocenters. The van der Waals surface area contributed by atoms with Crippen molar-refractivity contribution in [2.24, 2.45) is 0 Å². The van der Waals surface area contributed by atoms with E-state index in [0.717, 1.165) is 22.4 Å². The Morgan fingerprint density at radius 3 is 2.46 bits per heavy atom. The maximum Gasteiger partial charge on any atom is 0.192 e. The number of hydrogen-bond donors (Lipinski definition) is 0. The van der Waals surface area contributed by atoms with Gasteiger partial charge in [-0.05, 0) is 30.2 Å². The Bertz CT molecular complexity index is 971. The topological polar surface area (TPSA) is 51.5 Å². The normalized spacial score (nSPS) is 11.8. The van der Waals surface area contributed by atoms with Crippen LogP contribution in [-0.4, -0.2) is 13.2 Å². The molecule has 4 rings (SSSR count). The number of fused-ring (bicyclic) bond motifs is 1. The molecular formula is C23H23NO3S. The molecule has 0 amide bonds. The van der Waals surface area contributed by atoms with Crippen molar-refractivity contribution in [3.05, 3.63) is 64.5 Å². The first-order chi connectivity index (χ1) is 13.7. The second-order valence-electron chi connectivity index (χ2n) is 6.06. The number of aryl methyl sites for hydroxylation is 1. The molecule has 0 saturated carbocycles. The van der Waals surface area contributed by atoms with Crippen LogP contribution in [0.1, 0.15) is 30.5 Å². The highest BCUT2D eigenvalue weighted by atomic mass is 32.1. The van der Waals surface area contributed by atoms with Crippen LogP contribution in [0.2, 0.25) is 0 Å². The van der Waals surface area contributed by atoms with E-state index in [1.807, 2.05) is 49.6 Å². The average Bonchev–Trinajstić information content (AvgIpc) is 3.17. The van der Waals surface area contributed by atoms with Crippen molar-refractivity contribution in [2.45, 2.75) is 27.4 Å². The number of rotatable bonds is 4. The van der Waals surface area contributed by atoms with Gasteiger partial charge >= 0.3 is 0 Å². The summed E-state index contributed by atoms with van der Waals surface area (Å²) in [6.07, 6.45) is 0. The van der Waals surface area contributed by atoms with E-state index in [9.17, 15) is 5.26 Å². The lowest BCUT2D eigenvalue weighted by atomic mass is 10.0. The van der Waals surface area contributed by atoms with Crippen LogP contribution in [0.15, 0.2) is 47.8 Å². The van der Waals surface area contributed by atoms with Gasteiger partial charge in [-0.25, -0.2) is 0 Å². The summed E-state index contributed by atoms with van der Waals surface area (Å²) < 4.78 is 17.1. The van der Waals surface area contributed by atoms with Gasteiger partial charge in [-0.2, -0.15) is 5.26 Å². The molecule has 28 heavy (non-hydrogen) atoms. The van der Waals surface area contributed by atoms with Crippen molar-refractivity contribution in [3.8, 4) is 33.8 Å². The molecule has 2 heterocycles. The van der Waals surface area contributed by atoms with Crippen molar-refractivity contribution >= 4 is 11.3 Å². The monoisotopic (exact) mass is 393 g/mol. The highest BCUT2D eigenvalue weighted by Gasteiger charge is 2.18. The van der Waals surface area contributed by atoms with Gasteiger partial charge in [0.15, 0.2) is 16.6 Å². The quantitative estimate of drug-likeness (QED) is 0.548. The molecule has 0 unspecified atom stereocenters. The summed E-state index contributed by atoms with van der Waals surface area (Å²) in [4.78, 5) is 0. The number of hydrogen-bond acceptors (Lipinski definition) is 5. The summed E-state index contributed by atoms with van der Waals surface area (Å²) in [6.45, 7) is 7.59. The predicted molar refractivity (Wildman–Crippen MR) is 112 cm³/mol. The Labute approximate surface area is 169 Å². The van der Waals surface area contributed by atoms with Gasteiger partial charge in [-0.3, -0.25) is 0 Å². The number of nitriles is 1. The summed E-state index contributed by atoms with van der Waals surface area (Å²) in [6, 6.07) is 16.2. The first-order valence-corrected chi connectivity index (χ1v) is 10.2. The van der Waals surface area contributed by atoms with Crippen LogP contribution in [-0.2, 0) is 6.61 Å². The number of ether oxygens (including phenoxy) is 3. The molecule has 1 aliphatic heterocycles. The lowest BCUT2D eigenvalue weighted by Crippen LogP contribution is -2.15. The molecule has 1 aliphatic rings. The van der Waals surface area contributed by atoms with Crippen LogP contribution in [0.5, 0.6) is 16.6 Å². The van der Waals surface area contributed by atoms with E-state index in [0.29, 0.717) is 36.2 Å². The summed E-state index contributed by atoms with van der Waals surface area (Å²) in [5, 5.41) is 12.2. The minimum Gasteiger partial charge on any atom is -0.486 e. The fourth-order valence-corrected chi connectivity index (χ4v) is 3.69. The van der Waals surface area contributed by atoms with E-state index < -0.39 is 0 Å². The van der Waals surface area contributed by atoms with Crippen LogP contribution in [0.3, 0.4) is 0 Å². The third-order valence-electron chi connectivity index (χ3n) is 4.21. The third kappa shape index (κ3) is 4.29. The largest absolute Gasteiger partial charge is 0.486 e. The second-order valence-corrected chi connectivity index (χ2v) is 6.90. The Morgan fingerprint density at radius 2 is 1.75 bits per heavy atom. The van der Waals surface area contributed by atoms with Crippen molar-refractivity contribution in [2.75, 3.05) is 13.2 Å². The van der Waals surface area contributed by atoms with E-state index in [4.69, 9.17) is 14.2 Å². The molecule has 0 bridgehead atoms. The maximum absolute atomic E-state index is 9.64. The Balaban J connectivity index is 0.00000109. The lowest BCUT2D eigenvalue weighted by molar-refractivity contribution is 0.171. The zero-order chi connectivity index (χ0) is 19.9. The van der Waals surface area contributed by atoms with E-state index in [2.05, 4.69) is 25.1 Å². The van der Waals surface area contributed by atoms with Gasteiger partial charge in [-0.15, -0.1) is 11.3 Å². The molecule has 1 aromatic heterocycles. The van der Waals surface area contributed by atoms with Crippen LogP contribution in [0.4, 0.5) is 0 Å². The van der Waals surface area contributed by atoms with Crippen LogP contribution >= 0.6 is 11.3 Å². The fourth-order valence-electron chi connectivity index (χ4n) is 2.81. The van der Waals surface area contributed by atoms with Crippen molar-refractivity contribution in [3.63, 3.8) is 0 Å². The summed E-state index contributed by atoms with van der Waals surface area (Å²) in [7, 11) is 0. The lowest BCUT2D eigenvalue weighted by Gasteiger charge is -2.18. The van der Waals surface area contributed by atoms with Gasteiger partial charge in [0.25, 0.3) is 0 Å². The summed E-state index contributed by atoms with van der Waals surface area (Å²) in [5.74, 6) is 1.45. The number of benzene rings is 2.